The number of allylic oxidation sites excluding steroid dienone is 8. The van der Waals surface area contributed by atoms with Crippen LogP contribution in [0.2, 0.25) is 0 Å². The maximum absolute atomic E-state index is 13.7. The van der Waals surface area contributed by atoms with Gasteiger partial charge in [0, 0.05) is 35.2 Å². The molecule has 0 spiro atoms. The van der Waals surface area contributed by atoms with Crippen molar-refractivity contribution in [3.05, 3.63) is 94.5 Å². The quantitative estimate of drug-likeness (QED) is 0.341. The van der Waals surface area contributed by atoms with E-state index < -0.39 is 0 Å². The molecule has 6 atom stereocenters. The molecule has 1 aromatic rings. The molecule has 0 aromatic heterocycles. The minimum absolute atomic E-state index is 0.0197. The Morgan fingerprint density at radius 1 is 0.932 bits per heavy atom. The van der Waals surface area contributed by atoms with E-state index in [-0.39, 0.29) is 27.4 Å². The van der Waals surface area contributed by atoms with Crippen molar-refractivity contribution in [1.82, 2.24) is 4.90 Å². The number of hydrogen-bond acceptors (Lipinski definition) is 3. The molecule has 0 radical (unpaired) electrons. The largest absolute Gasteiger partial charge is 0.485 e. The molecule has 0 N–H and O–H groups in total. The highest BCUT2D eigenvalue weighted by Gasteiger charge is 2.67. The molecule has 3 heteroatoms. The lowest BCUT2D eigenvalue weighted by Gasteiger charge is -2.70. The van der Waals surface area contributed by atoms with E-state index >= 15 is 0 Å². The highest BCUT2D eigenvalue weighted by molar-refractivity contribution is 6.07. The second kappa shape index (κ2) is 10.1. The van der Waals surface area contributed by atoms with Gasteiger partial charge in [0.05, 0.1) is 0 Å². The number of hydrogen-bond donors (Lipinski definition) is 0. The van der Waals surface area contributed by atoms with E-state index in [9.17, 15) is 4.79 Å². The van der Waals surface area contributed by atoms with Crippen molar-refractivity contribution in [2.24, 2.45) is 33.0 Å². The van der Waals surface area contributed by atoms with E-state index in [1.807, 2.05) is 36.4 Å². The lowest BCUT2D eigenvalue weighted by molar-refractivity contribution is -0.158. The third kappa shape index (κ3) is 4.16. The van der Waals surface area contributed by atoms with Gasteiger partial charge in [-0.05, 0) is 110 Å². The Morgan fingerprint density at radius 2 is 1.64 bits per heavy atom. The molecule has 7 rings (SSSR count). The predicted octanol–water partition coefficient (Wildman–Crippen LogP) is 9.88. The van der Waals surface area contributed by atoms with Crippen molar-refractivity contribution in [3.63, 3.8) is 0 Å². The van der Waals surface area contributed by atoms with Crippen LogP contribution in [-0.4, -0.2) is 23.8 Å². The number of carbonyl (C=O) groups excluding carboxylic acids is 1. The Morgan fingerprint density at radius 3 is 2.36 bits per heavy atom. The monoisotopic (exact) mass is 591 g/mol. The average molecular weight is 592 g/mol. The van der Waals surface area contributed by atoms with Crippen LogP contribution in [0.4, 0.5) is 0 Å². The SMILES string of the molecule is C=C(N1CCCC1)[C@]1(C)CC[C@]2(C)CC[C@]3(C)C4=CC=C5C(=CC(=O)C(OCc6ccccc6)=C5C)[C@]4(C)CC[C@@]3(C)[C@@H]2C1. The molecule has 5 aliphatic carbocycles. The molecule has 1 aliphatic heterocycles. The second-order valence-corrected chi connectivity index (χ2v) is 16.5. The molecule has 6 aliphatic rings. The third-order valence-corrected chi connectivity index (χ3v) is 14.3. The van der Waals surface area contributed by atoms with E-state index in [0.29, 0.717) is 23.7 Å². The Labute approximate surface area is 266 Å². The first-order valence-corrected chi connectivity index (χ1v) is 17.4. The zero-order valence-electron chi connectivity index (χ0n) is 28.2. The summed E-state index contributed by atoms with van der Waals surface area (Å²) in [6.07, 6.45) is 18.0. The summed E-state index contributed by atoms with van der Waals surface area (Å²) < 4.78 is 6.19. The summed E-state index contributed by atoms with van der Waals surface area (Å²) in [5.41, 5.74) is 8.18. The number of ketones is 1. The molecule has 1 aromatic carbocycles. The Bertz CT molecular complexity index is 1520. The Hall–Kier alpha value is -2.81. The smallest absolute Gasteiger partial charge is 0.221 e. The van der Waals surface area contributed by atoms with Gasteiger partial charge in [-0.2, -0.15) is 0 Å². The van der Waals surface area contributed by atoms with Crippen molar-refractivity contribution in [3.8, 4) is 0 Å². The first kappa shape index (κ1) is 29.9. The van der Waals surface area contributed by atoms with Gasteiger partial charge in [-0.15, -0.1) is 0 Å². The van der Waals surface area contributed by atoms with E-state index in [1.54, 1.807) is 5.57 Å². The minimum atomic E-state index is -0.134. The first-order valence-electron chi connectivity index (χ1n) is 17.4. The van der Waals surface area contributed by atoms with Gasteiger partial charge in [-0.3, -0.25) is 4.79 Å². The van der Waals surface area contributed by atoms with Crippen molar-refractivity contribution in [2.45, 2.75) is 106 Å². The van der Waals surface area contributed by atoms with Gasteiger partial charge in [0.25, 0.3) is 0 Å². The molecule has 1 heterocycles. The van der Waals surface area contributed by atoms with Crippen LogP contribution in [0.5, 0.6) is 0 Å². The van der Waals surface area contributed by atoms with Gasteiger partial charge in [-0.25, -0.2) is 0 Å². The van der Waals surface area contributed by atoms with Gasteiger partial charge in [0.15, 0.2) is 5.76 Å². The van der Waals surface area contributed by atoms with Gasteiger partial charge < -0.3 is 9.64 Å². The number of benzene rings is 1. The lowest BCUT2D eigenvalue weighted by Crippen LogP contribution is -2.62. The molecule has 0 amide bonds. The van der Waals surface area contributed by atoms with Crippen LogP contribution in [0.15, 0.2) is 88.9 Å². The van der Waals surface area contributed by atoms with E-state index in [1.165, 1.54) is 81.3 Å². The van der Waals surface area contributed by atoms with Crippen molar-refractivity contribution < 1.29 is 9.53 Å². The van der Waals surface area contributed by atoms with Crippen molar-refractivity contribution in [2.75, 3.05) is 13.1 Å². The van der Waals surface area contributed by atoms with Crippen LogP contribution in [0.1, 0.15) is 105 Å². The van der Waals surface area contributed by atoms with Crippen LogP contribution in [0.25, 0.3) is 0 Å². The highest BCUT2D eigenvalue weighted by Crippen LogP contribution is 2.76. The topological polar surface area (TPSA) is 29.5 Å². The summed E-state index contributed by atoms with van der Waals surface area (Å²) in [5, 5.41) is 0. The van der Waals surface area contributed by atoms with Gasteiger partial charge in [0.1, 0.15) is 6.61 Å². The normalized spacial score (nSPS) is 39.8. The van der Waals surface area contributed by atoms with Crippen molar-refractivity contribution in [1.29, 1.82) is 0 Å². The van der Waals surface area contributed by atoms with Gasteiger partial charge in [-0.1, -0.05) is 89.3 Å². The number of ether oxygens (including phenoxy) is 1. The molecular weight excluding hydrogens is 538 g/mol. The summed E-state index contributed by atoms with van der Waals surface area (Å²) in [5.74, 6) is 1.18. The molecule has 44 heavy (non-hydrogen) atoms. The minimum Gasteiger partial charge on any atom is -0.485 e. The van der Waals surface area contributed by atoms with Crippen LogP contribution < -0.4 is 0 Å². The molecule has 4 fully saturated rings. The van der Waals surface area contributed by atoms with Crippen molar-refractivity contribution >= 4 is 5.78 Å². The zero-order valence-corrected chi connectivity index (χ0v) is 28.2. The molecule has 1 saturated heterocycles. The molecule has 3 saturated carbocycles. The second-order valence-electron chi connectivity index (χ2n) is 16.5. The fraction of sp³-hybridized carbons (Fsp3) is 0.585. The molecule has 0 unspecified atom stereocenters. The highest BCUT2D eigenvalue weighted by atomic mass is 16.5. The van der Waals surface area contributed by atoms with E-state index in [4.69, 9.17) is 11.3 Å². The fourth-order valence-corrected chi connectivity index (χ4v) is 11.0. The Balaban J connectivity index is 1.23. The number of likely N-dealkylation sites (tertiary alicyclic amines) is 1. The molecule has 3 nitrogen and oxygen atoms in total. The summed E-state index contributed by atoms with van der Waals surface area (Å²) in [7, 11) is 0. The zero-order chi connectivity index (χ0) is 31.1. The van der Waals surface area contributed by atoms with Gasteiger partial charge >= 0.3 is 0 Å². The standard InChI is InChI=1S/C41H53NO2/c1-28-31-15-16-34-39(5,32(31)25-33(43)36(28)44-27-30-13-9-8-10-14-30)20-22-41(7)35-26-38(4,29(2)42-23-11-12-24-42)18-17-37(35,3)19-21-40(34,41)6/h8-10,13-16,25,35H,2,11-12,17-24,26-27H2,1,3-7H3/t35-,37-,38-,39+,40-,41+/m1/s1. The number of nitrogens with zero attached hydrogens (tertiary/aromatic N) is 1. The summed E-state index contributed by atoms with van der Waals surface area (Å²) in [4.78, 5) is 16.3. The van der Waals surface area contributed by atoms with Crippen LogP contribution in [0, 0.1) is 33.0 Å². The summed E-state index contributed by atoms with van der Waals surface area (Å²) >= 11 is 0. The summed E-state index contributed by atoms with van der Waals surface area (Å²) in [6, 6.07) is 10.1. The molecule has 0 bridgehead atoms. The van der Waals surface area contributed by atoms with E-state index in [0.717, 1.165) is 17.6 Å². The van der Waals surface area contributed by atoms with Crippen LogP contribution in [-0.2, 0) is 16.1 Å². The first-order chi connectivity index (χ1) is 20.8. The fourth-order valence-electron chi connectivity index (χ4n) is 11.0. The molecular formula is C41H53NO2. The van der Waals surface area contributed by atoms with Gasteiger partial charge in [0.2, 0.25) is 5.78 Å². The predicted molar refractivity (Wildman–Crippen MR) is 179 cm³/mol. The average Bonchev–Trinajstić information content (AvgIpc) is 3.55. The third-order valence-electron chi connectivity index (χ3n) is 14.3. The lowest BCUT2D eigenvalue weighted by atomic mass is 9.34. The Kier molecular flexibility index (Phi) is 6.86. The van der Waals surface area contributed by atoms with E-state index in [2.05, 4.69) is 58.6 Å². The summed E-state index contributed by atoms with van der Waals surface area (Å²) in [6.45, 7) is 22.5. The maximum atomic E-state index is 13.7. The molecule has 234 valence electrons. The van der Waals surface area contributed by atoms with Crippen LogP contribution in [0.3, 0.4) is 0 Å². The number of rotatable bonds is 5. The number of carbonyl (C=O) groups is 1. The number of fused-ring (bicyclic) bond motifs is 7. The maximum Gasteiger partial charge on any atom is 0.221 e. The van der Waals surface area contributed by atoms with Crippen LogP contribution >= 0.6 is 0 Å².